The zero-order valence-corrected chi connectivity index (χ0v) is 29.2. The molecule has 0 N–H and O–H groups in total. The van der Waals surface area contributed by atoms with Crippen LogP contribution in [0.1, 0.15) is 55.4 Å². The minimum absolute atomic E-state index is 0. The van der Waals surface area contributed by atoms with E-state index in [2.05, 4.69) is 115 Å². The molecule has 0 aromatic heterocycles. The van der Waals surface area contributed by atoms with Gasteiger partial charge in [0.1, 0.15) is 0 Å². The van der Waals surface area contributed by atoms with E-state index >= 15 is 0 Å². The average Bonchev–Trinajstić information content (AvgIpc) is 2.85. The van der Waals surface area contributed by atoms with Gasteiger partial charge < -0.3 is 10.6 Å². The Morgan fingerprint density at radius 1 is 0.667 bits per heavy atom. The number of hydrogen-bond acceptors (Lipinski definition) is 0. The van der Waals surface area contributed by atoms with Crippen molar-refractivity contribution in [1.29, 1.82) is 0 Å². The number of nitrogens with zero attached hydrogens (tertiary/aromatic N) is 2. The molecule has 222 valence electrons. The first-order valence-corrected chi connectivity index (χ1v) is 15.1. The molecule has 0 spiro atoms. The summed E-state index contributed by atoms with van der Waals surface area (Å²) in [6.07, 6.45) is 4.91. The molecule has 0 heterocycles. The molecule has 4 rings (SSSR count). The standard InChI is InChI=1S/C20H26N2P2.C8H10.CH4.4Ar.ClH.Ru/c23-19-11-5-1-7-15(19)13-21-17-9-3-4-10-18(17)22-14-16-8-2-6-12-20(16)24;1-7-4-3-5-8(2)6-7;;;;;;;/h1-2,5-8,11-12,17-18H,3-4,9-10,13-14,23-24H2;3-6H,1-2H3;1H4;;;;;1H;/q-2;;;;;;;;+4/p-1. The summed E-state index contributed by atoms with van der Waals surface area (Å²) in [6, 6.07) is 26.1. The van der Waals surface area contributed by atoms with Gasteiger partial charge in [0, 0.05) is 151 Å². The van der Waals surface area contributed by atoms with Gasteiger partial charge in [-0.2, -0.15) is 12.1 Å². The Morgan fingerprint density at radius 2 is 1.03 bits per heavy atom. The molecule has 2 nitrogen and oxygen atoms in total. The third-order valence-electron chi connectivity index (χ3n) is 5.97. The minimum atomic E-state index is 0. The Kier molecular flexibility index (Phi) is 40.0. The van der Waals surface area contributed by atoms with Crippen LogP contribution in [-0.4, -0.2) is 12.1 Å². The van der Waals surface area contributed by atoms with E-state index in [0.29, 0.717) is 12.1 Å². The first-order chi connectivity index (χ1) is 16.5. The van der Waals surface area contributed by atoms with Crippen LogP contribution in [0.3, 0.4) is 0 Å². The molecule has 1 aliphatic rings. The summed E-state index contributed by atoms with van der Waals surface area (Å²) in [5, 5.41) is 12.5. The zero-order valence-electron chi connectivity index (χ0n) is 21.5. The summed E-state index contributed by atoms with van der Waals surface area (Å²) in [4.78, 5) is 0. The van der Waals surface area contributed by atoms with E-state index in [-0.39, 0.29) is 158 Å². The summed E-state index contributed by atoms with van der Waals surface area (Å²) >= 11 is 1.82. The van der Waals surface area contributed by atoms with E-state index in [4.69, 9.17) is 10.6 Å². The number of benzene rings is 3. The zero-order chi connectivity index (χ0) is 24.8. The number of aryl methyl sites for hydroxylation is 2. The molecule has 1 aliphatic carbocycles. The van der Waals surface area contributed by atoms with E-state index in [9.17, 15) is 0 Å². The Labute approximate surface area is 377 Å². The predicted molar refractivity (Wildman–Crippen MR) is 160 cm³/mol. The molecule has 3 aromatic rings. The second-order valence-electron chi connectivity index (χ2n) is 8.66. The van der Waals surface area contributed by atoms with E-state index in [0.717, 1.165) is 13.1 Å². The molecule has 0 saturated heterocycles. The first-order valence-electron chi connectivity index (χ1n) is 11.7. The van der Waals surface area contributed by atoms with Gasteiger partial charge in [0.15, 0.2) is 0 Å². The van der Waals surface area contributed by atoms with Crippen LogP contribution in [0, 0.1) is 165 Å². The van der Waals surface area contributed by atoms with Crippen LogP contribution < -0.4 is 10.6 Å². The maximum atomic E-state index is 5.02. The van der Waals surface area contributed by atoms with Crippen LogP contribution in [0.4, 0.5) is 0 Å². The van der Waals surface area contributed by atoms with E-state index in [1.807, 2.05) is 17.3 Å². The van der Waals surface area contributed by atoms with Gasteiger partial charge in [-0.3, -0.25) is 0 Å². The van der Waals surface area contributed by atoms with Crippen LogP contribution in [0.25, 0.3) is 10.6 Å². The predicted octanol–water partition coefficient (Wildman–Crippen LogP) is 8.07. The monoisotopic (exact) mass is 775 g/mol. The fourth-order valence-electron chi connectivity index (χ4n) is 4.11. The fourth-order valence-corrected chi connectivity index (χ4v) is 4.71. The van der Waals surface area contributed by atoms with Crippen molar-refractivity contribution >= 4 is 38.8 Å². The maximum absolute atomic E-state index is 5.02. The molecule has 3 aromatic carbocycles. The van der Waals surface area contributed by atoms with Crippen LogP contribution in [0.15, 0.2) is 72.8 Å². The summed E-state index contributed by atoms with van der Waals surface area (Å²) < 4.78 is 0. The van der Waals surface area contributed by atoms with Crippen molar-refractivity contribution in [1.82, 2.24) is 0 Å². The van der Waals surface area contributed by atoms with Crippen molar-refractivity contribution in [3.63, 3.8) is 0 Å². The van der Waals surface area contributed by atoms with Crippen LogP contribution in [0.5, 0.6) is 0 Å². The SMILES string of the molecule is C.Cc1cccc(C)c1.Pc1ccccc1C[N-]C1CCCCC1[N-]Cc1ccccc1P.[Ar].[Ar].[Ar].[Ar].[Cl][Ru+3]. The molecule has 4 atom stereocenters. The number of halogens is 1. The molecule has 0 bridgehead atoms. The van der Waals surface area contributed by atoms with Gasteiger partial charge in [-0.1, -0.05) is 128 Å². The van der Waals surface area contributed by atoms with Crippen molar-refractivity contribution < 1.29 is 168 Å². The fraction of sp³-hybridized carbons (Fsp3) is 0.379. The topological polar surface area (TPSA) is 28.2 Å². The first kappa shape index (κ1) is 50.3. The van der Waals surface area contributed by atoms with Gasteiger partial charge in [0.05, 0.1) is 0 Å². The number of hydrogen-bond donors (Lipinski definition) is 0. The quantitative estimate of drug-likeness (QED) is 0.179. The summed E-state index contributed by atoms with van der Waals surface area (Å²) in [5.74, 6) is 0. The molecule has 1 saturated carbocycles. The van der Waals surface area contributed by atoms with Crippen molar-refractivity contribution in [2.45, 2.75) is 72.1 Å². The van der Waals surface area contributed by atoms with Gasteiger partial charge in [0.25, 0.3) is 0 Å². The van der Waals surface area contributed by atoms with E-state index in [1.165, 1.54) is 58.5 Å². The second kappa shape index (κ2) is 31.0. The van der Waals surface area contributed by atoms with E-state index < -0.39 is 0 Å². The summed E-state index contributed by atoms with van der Waals surface area (Å²) in [7, 11) is 10.2. The molecule has 4 unspecified atom stereocenters. The molecule has 39 heavy (non-hydrogen) atoms. The molecule has 0 radical (unpaired) electrons. The molecule has 10 heteroatoms. The van der Waals surface area contributed by atoms with Gasteiger partial charge in [-0.15, -0.1) is 31.6 Å². The molecule has 0 aliphatic heterocycles. The van der Waals surface area contributed by atoms with Crippen molar-refractivity contribution in [2.24, 2.45) is 0 Å². The Bertz CT molecular complexity index is 930. The third-order valence-corrected chi connectivity index (χ3v) is 7.10. The van der Waals surface area contributed by atoms with Crippen LogP contribution in [0.2, 0.25) is 0 Å². The Morgan fingerprint density at radius 3 is 1.33 bits per heavy atom. The molecule has 0 amide bonds. The van der Waals surface area contributed by atoms with Crippen LogP contribution in [-0.2, 0) is 30.4 Å². The van der Waals surface area contributed by atoms with E-state index in [1.54, 1.807) is 0 Å². The van der Waals surface area contributed by atoms with Crippen molar-refractivity contribution in [2.75, 3.05) is 0 Å². The molecular formula is C29H40Ar4ClN2P2Ru+. The molecular weight excluding hydrogens is 735 g/mol. The molecule has 1 fully saturated rings. The Balaban J connectivity index is -0.000000353. The van der Waals surface area contributed by atoms with Gasteiger partial charge in [-0.05, 0) is 24.5 Å². The van der Waals surface area contributed by atoms with Gasteiger partial charge in [0.2, 0.25) is 0 Å². The Hall–Kier alpha value is 4.39. The average molecular weight is 775 g/mol. The van der Waals surface area contributed by atoms with Gasteiger partial charge >= 0.3 is 27.0 Å². The van der Waals surface area contributed by atoms with Crippen molar-refractivity contribution in [3.8, 4) is 0 Å². The normalized spacial score (nSPS) is 14.9. The van der Waals surface area contributed by atoms with Crippen LogP contribution >= 0.6 is 28.2 Å². The van der Waals surface area contributed by atoms with Gasteiger partial charge in [-0.25, -0.2) is 0 Å². The summed E-state index contributed by atoms with van der Waals surface area (Å²) in [5.41, 5.74) is 5.29. The summed E-state index contributed by atoms with van der Waals surface area (Å²) in [6.45, 7) is 5.81. The number of rotatable bonds is 6. The van der Waals surface area contributed by atoms with Crippen molar-refractivity contribution in [3.05, 3.63) is 106 Å². The second-order valence-corrected chi connectivity index (χ2v) is 9.90. The third kappa shape index (κ3) is 21.0.